The summed E-state index contributed by atoms with van der Waals surface area (Å²) in [5, 5.41) is 2.88. The topological polar surface area (TPSA) is 56.8 Å². The Labute approximate surface area is 156 Å². The summed E-state index contributed by atoms with van der Waals surface area (Å²) in [5.41, 5.74) is 0.456. The number of halogens is 1. The first kappa shape index (κ1) is 19.4. The molecule has 0 aliphatic rings. The Bertz CT molecular complexity index is 690. The maximum Gasteiger partial charge on any atom is 0.251 e. The summed E-state index contributed by atoms with van der Waals surface area (Å²) in [7, 11) is 0. The second kappa shape index (κ2) is 9.53. The lowest BCUT2D eigenvalue weighted by Gasteiger charge is -2.17. The van der Waals surface area contributed by atoms with Gasteiger partial charge in [0.25, 0.3) is 5.91 Å². The number of carbonyl (C=O) groups is 1. The predicted octanol–water partition coefficient (Wildman–Crippen LogP) is 4.53. The highest BCUT2D eigenvalue weighted by molar-refractivity contribution is 7.16. The van der Waals surface area contributed by atoms with E-state index in [-0.39, 0.29) is 5.91 Å². The molecule has 0 fully saturated rings. The van der Waals surface area contributed by atoms with Gasteiger partial charge in [-0.15, -0.1) is 11.3 Å². The van der Waals surface area contributed by atoms with Crippen LogP contribution in [0.2, 0.25) is 4.34 Å². The van der Waals surface area contributed by atoms with Crippen LogP contribution in [0.25, 0.3) is 0 Å². The molecule has 0 atom stereocenters. The van der Waals surface area contributed by atoms with Gasteiger partial charge in [-0.3, -0.25) is 4.79 Å². The number of hydrogen-bond donors (Lipinski definition) is 1. The Kier molecular flexibility index (Phi) is 7.40. The van der Waals surface area contributed by atoms with E-state index in [9.17, 15) is 4.79 Å². The molecule has 0 spiro atoms. The van der Waals surface area contributed by atoms with Gasteiger partial charge in [-0.2, -0.15) is 0 Å². The molecule has 0 saturated heterocycles. The average molecular weight is 384 g/mol. The molecule has 136 valence electrons. The first-order chi connectivity index (χ1) is 12.1. The van der Waals surface area contributed by atoms with Crippen molar-refractivity contribution in [1.29, 1.82) is 0 Å². The van der Waals surface area contributed by atoms with E-state index < -0.39 is 0 Å². The van der Waals surface area contributed by atoms with Crippen molar-refractivity contribution in [3.05, 3.63) is 39.0 Å². The van der Waals surface area contributed by atoms with E-state index in [1.165, 1.54) is 11.3 Å². The van der Waals surface area contributed by atoms with Crippen LogP contribution in [-0.2, 0) is 6.54 Å². The first-order valence-electron chi connectivity index (χ1n) is 8.17. The molecule has 7 heteroatoms. The van der Waals surface area contributed by atoms with Crippen molar-refractivity contribution < 1.29 is 19.0 Å². The quantitative estimate of drug-likeness (QED) is 0.691. The lowest BCUT2D eigenvalue weighted by atomic mass is 10.1. The molecule has 25 heavy (non-hydrogen) atoms. The van der Waals surface area contributed by atoms with Crippen LogP contribution >= 0.6 is 22.9 Å². The zero-order valence-corrected chi connectivity index (χ0v) is 16.1. The van der Waals surface area contributed by atoms with Crippen molar-refractivity contribution in [2.75, 3.05) is 19.8 Å². The highest BCUT2D eigenvalue weighted by atomic mass is 35.5. The molecule has 2 aromatic rings. The molecule has 0 saturated carbocycles. The molecule has 1 aromatic carbocycles. The van der Waals surface area contributed by atoms with Gasteiger partial charge in [0.15, 0.2) is 11.5 Å². The summed E-state index contributed by atoms with van der Waals surface area (Å²) in [6.45, 7) is 7.46. The maximum absolute atomic E-state index is 12.5. The number of rotatable bonds is 9. The van der Waals surface area contributed by atoms with Crippen LogP contribution in [0, 0.1) is 0 Å². The van der Waals surface area contributed by atoms with Gasteiger partial charge in [-0.05, 0) is 45.0 Å². The number of nitrogens with one attached hydrogen (secondary N) is 1. The molecule has 1 N–H and O–H groups in total. The fourth-order valence-electron chi connectivity index (χ4n) is 2.24. The van der Waals surface area contributed by atoms with Crippen LogP contribution in [0.15, 0.2) is 24.3 Å². The zero-order valence-electron chi connectivity index (χ0n) is 14.6. The predicted molar refractivity (Wildman–Crippen MR) is 100 cm³/mol. The summed E-state index contributed by atoms with van der Waals surface area (Å²) >= 11 is 7.35. The highest BCUT2D eigenvalue weighted by Gasteiger charge is 2.18. The largest absolute Gasteiger partial charge is 0.490 e. The molecular formula is C18H22ClNO4S. The summed E-state index contributed by atoms with van der Waals surface area (Å²) in [5.74, 6) is 1.31. The minimum absolute atomic E-state index is 0.213. The Morgan fingerprint density at radius 2 is 1.64 bits per heavy atom. The number of benzene rings is 1. The molecule has 0 aliphatic carbocycles. The molecule has 0 radical (unpaired) electrons. The SMILES string of the molecule is CCOc1cc(C(=O)NCc2ccc(Cl)s2)cc(OCC)c1OCC. The third-order valence-corrected chi connectivity index (χ3v) is 4.45. The van der Waals surface area contributed by atoms with Crippen molar-refractivity contribution in [3.8, 4) is 17.2 Å². The molecule has 0 aliphatic heterocycles. The van der Waals surface area contributed by atoms with Gasteiger partial charge in [-0.1, -0.05) is 11.6 Å². The molecule has 2 rings (SSSR count). The Hall–Kier alpha value is -1.92. The summed E-state index contributed by atoms with van der Waals surface area (Å²) in [4.78, 5) is 13.5. The fourth-order valence-corrected chi connectivity index (χ4v) is 3.26. The number of ether oxygens (including phenoxy) is 3. The molecule has 0 unspecified atom stereocenters. The lowest BCUT2D eigenvalue weighted by Crippen LogP contribution is -2.22. The maximum atomic E-state index is 12.5. The summed E-state index contributed by atoms with van der Waals surface area (Å²) in [6, 6.07) is 7.05. The van der Waals surface area contributed by atoms with Crippen LogP contribution in [0.4, 0.5) is 0 Å². The van der Waals surface area contributed by atoms with E-state index in [0.717, 1.165) is 4.88 Å². The average Bonchev–Trinajstić information content (AvgIpc) is 3.01. The highest BCUT2D eigenvalue weighted by Crippen LogP contribution is 2.39. The third kappa shape index (κ3) is 5.28. The Morgan fingerprint density at radius 1 is 1.04 bits per heavy atom. The number of thiophene rings is 1. The van der Waals surface area contributed by atoms with Crippen molar-refractivity contribution in [2.24, 2.45) is 0 Å². The van der Waals surface area contributed by atoms with E-state index in [1.807, 2.05) is 32.9 Å². The zero-order chi connectivity index (χ0) is 18.2. The van der Waals surface area contributed by atoms with E-state index in [4.69, 9.17) is 25.8 Å². The minimum atomic E-state index is -0.213. The first-order valence-corrected chi connectivity index (χ1v) is 9.37. The Balaban J connectivity index is 2.24. The van der Waals surface area contributed by atoms with Crippen molar-refractivity contribution in [3.63, 3.8) is 0 Å². The van der Waals surface area contributed by atoms with Gasteiger partial charge in [0, 0.05) is 10.4 Å². The van der Waals surface area contributed by atoms with Crippen LogP contribution in [0.1, 0.15) is 36.0 Å². The van der Waals surface area contributed by atoms with Crippen LogP contribution < -0.4 is 19.5 Å². The van der Waals surface area contributed by atoms with Crippen molar-refractivity contribution in [2.45, 2.75) is 27.3 Å². The minimum Gasteiger partial charge on any atom is -0.490 e. The number of hydrogen-bond acceptors (Lipinski definition) is 5. The van der Waals surface area contributed by atoms with Crippen LogP contribution in [-0.4, -0.2) is 25.7 Å². The summed E-state index contributed by atoms with van der Waals surface area (Å²) < 4.78 is 17.6. The van der Waals surface area contributed by atoms with Crippen LogP contribution in [0.3, 0.4) is 0 Å². The van der Waals surface area contributed by atoms with Crippen LogP contribution in [0.5, 0.6) is 17.2 Å². The monoisotopic (exact) mass is 383 g/mol. The van der Waals surface area contributed by atoms with Crippen molar-refractivity contribution in [1.82, 2.24) is 5.32 Å². The molecule has 1 amide bonds. The van der Waals surface area contributed by atoms with Gasteiger partial charge >= 0.3 is 0 Å². The lowest BCUT2D eigenvalue weighted by molar-refractivity contribution is 0.0950. The third-order valence-electron chi connectivity index (χ3n) is 3.22. The van der Waals surface area contributed by atoms with Gasteiger partial charge in [0.1, 0.15) is 0 Å². The molecule has 5 nitrogen and oxygen atoms in total. The van der Waals surface area contributed by atoms with E-state index in [2.05, 4.69) is 5.32 Å². The number of carbonyl (C=O) groups excluding carboxylic acids is 1. The number of amides is 1. The second-order valence-electron chi connectivity index (χ2n) is 4.99. The molecule has 1 aromatic heterocycles. The molecular weight excluding hydrogens is 362 g/mol. The van der Waals surface area contributed by atoms with Crippen molar-refractivity contribution >= 4 is 28.8 Å². The molecule has 1 heterocycles. The fraction of sp³-hybridized carbons (Fsp3) is 0.389. The van der Waals surface area contributed by atoms with Gasteiger partial charge in [-0.25, -0.2) is 0 Å². The van der Waals surface area contributed by atoms with Gasteiger partial charge in [0.2, 0.25) is 5.75 Å². The van der Waals surface area contributed by atoms with E-state index >= 15 is 0 Å². The van der Waals surface area contributed by atoms with E-state index in [0.29, 0.717) is 53.5 Å². The van der Waals surface area contributed by atoms with Gasteiger partial charge < -0.3 is 19.5 Å². The van der Waals surface area contributed by atoms with Gasteiger partial charge in [0.05, 0.1) is 30.7 Å². The smallest absolute Gasteiger partial charge is 0.251 e. The second-order valence-corrected chi connectivity index (χ2v) is 6.79. The normalized spacial score (nSPS) is 10.4. The standard InChI is InChI=1S/C18H22ClNO4S/c1-4-22-14-9-12(10-15(23-5-2)17(14)24-6-3)18(21)20-11-13-7-8-16(19)25-13/h7-10H,4-6,11H2,1-3H3,(H,20,21). The Morgan fingerprint density at radius 3 is 2.12 bits per heavy atom. The van der Waals surface area contributed by atoms with E-state index in [1.54, 1.807) is 12.1 Å². The molecule has 0 bridgehead atoms. The summed E-state index contributed by atoms with van der Waals surface area (Å²) in [6.07, 6.45) is 0.